The molecule has 0 atom stereocenters. The van der Waals surface area contributed by atoms with Crippen LogP contribution in [0.3, 0.4) is 0 Å². The Bertz CT molecular complexity index is 309. The number of benzene rings is 1. The summed E-state index contributed by atoms with van der Waals surface area (Å²) in [6, 6.07) is 4.73. The molecular formula is C8H7AsO3. The molecule has 4 heteroatoms. The van der Waals surface area contributed by atoms with Gasteiger partial charge in [0.15, 0.2) is 0 Å². The van der Waals surface area contributed by atoms with Crippen molar-refractivity contribution in [3.8, 4) is 5.75 Å². The molecule has 1 N–H and O–H groups in total. The molecule has 0 saturated carbocycles. The molecule has 1 aromatic rings. The van der Waals surface area contributed by atoms with Crippen LogP contribution < -0.4 is 4.35 Å². The molecule has 0 spiro atoms. The third-order valence-electron chi connectivity index (χ3n) is 1.39. The van der Waals surface area contributed by atoms with Crippen LogP contribution in [0, 0.1) is 0 Å². The van der Waals surface area contributed by atoms with Gasteiger partial charge in [-0.05, 0) is 0 Å². The van der Waals surface area contributed by atoms with Crippen molar-refractivity contribution in [2.75, 3.05) is 7.11 Å². The maximum absolute atomic E-state index is 11.0. The summed E-state index contributed by atoms with van der Waals surface area (Å²) in [4.78, 5) is 11.0. The maximum atomic E-state index is 11.0. The van der Waals surface area contributed by atoms with E-state index in [1.165, 1.54) is 19.2 Å². The fourth-order valence-electron chi connectivity index (χ4n) is 0.803. The Kier molecular flexibility index (Phi) is 2.77. The van der Waals surface area contributed by atoms with Crippen LogP contribution in [0.2, 0.25) is 0 Å². The molecule has 0 saturated heterocycles. The van der Waals surface area contributed by atoms with Crippen molar-refractivity contribution >= 4 is 27.2 Å². The molecule has 0 aliphatic rings. The van der Waals surface area contributed by atoms with Crippen molar-refractivity contribution in [2.45, 2.75) is 0 Å². The van der Waals surface area contributed by atoms with Crippen LogP contribution in [0.1, 0.15) is 10.4 Å². The van der Waals surface area contributed by atoms with E-state index >= 15 is 0 Å². The second kappa shape index (κ2) is 3.63. The average Bonchev–Trinajstić information content (AvgIpc) is 2.03. The van der Waals surface area contributed by atoms with E-state index in [4.69, 9.17) is 0 Å². The summed E-state index contributed by atoms with van der Waals surface area (Å²) in [5, 5.41) is 9.28. The number of hydrogen-bond donors (Lipinski definition) is 1. The van der Waals surface area contributed by atoms with Crippen LogP contribution in [-0.2, 0) is 4.74 Å². The number of rotatable bonds is 1. The Morgan fingerprint density at radius 1 is 1.58 bits per heavy atom. The van der Waals surface area contributed by atoms with Crippen molar-refractivity contribution in [1.29, 1.82) is 0 Å². The van der Waals surface area contributed by atoms with Gasteiger partial charge in [0.2, 0.25) is 0 Å². The molecule has 0 aromatic heterocycles. The van der Waals surface area contributed by atoms with Crippen LogP contribution in [0.4, 0.5) is 0 Å². The first-order valence-electron chi connectivity index (χ1n) is 3.25. The number of aromatic hydroxyl groups is 1. The number of esters is 1. The van der Waals surface area contributed by atoms with Gasteiger partial charge in [-0.15, -0.1) is 0 Å². The van der Waals surface area contributed by atoms with Crippen LogP contribution in [-0.4, -0.2) is 35.0 Å². The molecule has 0 amide bonds. The Morgan fingerprint density at radius 2 is 2.25 bits per heavy atom. The van der Waals surface area contributed by atoms with Crippen molar-refractivity contribution in [3.63, 3.8) is 0 Å². The van der Waals surface area contributed by atoms with Gasteiger partial charge in [0.1, 0.15) is 0 Å². The minimum atomic E-state index is -0.528. The Balaban J connectivity index is 3.09. The van der Waals surface area contributed by atoms with Gasteiger partial charge in [0.05, 0.1) is 0 Å². The van der Waals surface area contributed by atoms with Crippen molar-refractivity contribution < 1.29 is 14.6 Å². The minimum absolute atomic E-state index is 0.0556. The van der Waals surface area contributed by atoms with E-state index in [1.807, 2.05) is 0 Å². The van der Waals surface area contributed by atoms with E-state index in [2.05, 4.69) is 21.6 Å². The predicted octanol–water partition coefficient (Wildman–Crippen LogP) is -0.0274. The fourth-order valence-corrected chi connectivity index (χ4v) is 1.22. The number of hydrogen-bond acceptors (Lipinski definition) is 3. The molecule has 62 valence electrons. The summed E-state index contributed by atoms with van der Waals surface area (Å²) in [6.07, 6.45) is 0. The molecule has 0 unspecified atom stereocenters. The Hall–Kier alpha value is -0.952. The van der Waals surface area contributed by atoms with E-state index in [0.717, 1.165) is 4.35 Å². The molecule has 12 heavy (non-hydrogen) atoms. The first kappa shape index (κ1) is 9.14. The third kappa shape index (κ3) is 1.80. The monoisotopic (exact) mass is 226 g/mol. The molecule has 0 aliphatic carbocycles. The molecule has 1 rings (SSSR count). The standard InChI is InChI=1S/C8H7AsO3/c1-12-8(11)6-3-2-5(9)4-7(6)10/h2-4,10H,1H3. The number of carbonyl (C=O) groups is 1. The first-order valence-corrected chi connectivity index (χ1v) is 4.19. The summed E-state index contributed by atoms with van der Waals surface area (Å²) in [6.45, 7) is 0. The van der Waals surface area contributed by atoms with Gasteiger partial charge in [-0.3, -0.25) is 0 Å². The zero-order valence-corrected chi connectivity index (χ0v) is 8.32. The average molecular weight is 226 g/mol. The fraction of sp³-hybridized carbons (Fsp3) is 0.125. The second-order valence-electron chi connectivity index (χ2n) is 2.19. The normalized spacial score (nSPS) is 9.50. The zero-order valence-electron chi connectivity index (χ0n) is 6.44. The molecule has 0 heterocycles. The number of ether oxygens (including phenoxy) is 1. The summed E-state index contributed by atoms with van der Waals surface area (Å²) in [7, 11) is 1.28. The van der Waals surface area contributed by atoms with E-state index in [0.29, 0.717) is 0 Å². The second-order valence-corrected chi connectivity index (χ2v) is 3.28. The van der Waals surface area contributed by atoms with Gasteiger partial charge in [-0.2, -0.15) is 0 Å². The third-order valence-corrected chi connectivity index (χ3v) is 1.97. The number of carbonyl (C=O) groups excluding carboxylic acids is 1. The van der Waals surface area contributed by atoms with Gasteiger partial charge in [-0.1, -0.05) is 0 Å². The van der Waals surface area contributed by atoms with Crippen molar-refractivity contribution in [2.24, 2.45) is 0 Å². The summed E-state index contributed by atoms with van der Waals surface area (Å²) >= 11 is 2.27. The SMILES string of the molecule is COC(=O)c1ccc([As])cc1O. The van der Waals surface area contributed by atoms with Gasteiger partial charge < -0.3 is 0 Å². The Morgan fingerprint density at radius 3 is 2.75 bits per heavy atom. The Labute approximate surface area is 78.9 Å². The van der Waals surface area contributed by atoms with Crippen molar-refractivity contribution in [3.05, 3.63) is 23.8 Å². The van der Waals surface area contributed by atoms with Crippen LogP contribution in [0.25, 0.3) is 0 Å². The van der Waals surface area contributed by atoms with Crippen molar-refractivity contribution in [1.82, 2.24) is 0 Å². The molecule has 0 aliphatic heterocycles. The van der Waals surface area contributed by atoms with E-state index < -0.39 is 5.97 Å². The predicted molar refractivity (Wildman–Crippen MR) is 44.8 cm³/mol. The number of phenolic OH excluding ortho intramolecular Hbond substituents is 1. The van der Waals surface area contributed by atoms with Gasteiger partial charge in [-0.25, -0.2) is 0 Å². The molecule has 0 bridgehead atoms. The van der Waals surface area contributed by atoms with Crippen LogP contribution in [0.15, 0.2) is 18.2 Å². The number of phenols is 1. The van der Waals surface area contributed by atoms with Crippen LogP contribution in [0.5, 0.6) is 5.75 Å². The van der Waals surface area contributed by atoms with E-state index in [1.54, 1.807) is 6.07 Å². The molecular weight excluding hydrogens is 219 g/mol. The molecule has 2 radical (unpaired) electrons. The molecule has 1 aromatic carbocycles. The molecule has 3 nitrogen and oxygen atoms in total. The zero-order chi connectivity index (χ0) is 9.14. The summed E-state index contributed by atoms with van der Waals surface area (Å²) in [5.41, 5.74) is 0.187. The van der Waals surface area contributed by atoms with Gasteiger partial charge in [0, 0.05) is 0 Å². The summed E-state index contributed by atoms with van der Waals surface area (Å²) in [5.74, 6) is -0.583. The van der Waals surface area contributed by atoms with Crippen LogP contribution >= 0.6 is 0 Å². The topological polar surface area (TPSA) is 46.5 Å². The van der Waals surface area contributed by atoms with E-state index in [-0.39, 0.29) is 11.3 Å². The number of methoxy groups -OCH3 is 1. The quantitative estimate of drug-likeness (QED) is 0.540. The van der Waals surface area contributed by atoms with E-state index in [9.17, 15) is 9.90 Å². The van der Waals surface area contributed by atoms with Gasteiger partial charge >= 0.3 is 78.4 Å². The summed E-state index contributed by atoms with van der Waals surface area (Å²) < 4.78 is 5.29. The first-order chi connectivity index (χ1) is 5.65. The van der Waals surface area contributed by atoms with Gasteiger partial charge in [0.25, 0.3) is 0 Å². The molecule has 0 fully saturated rings.